The van der Waals surface area contributed by atoms with Gasteiger partial charge in [0.1, 0.15) is 35.2 Å². The maximum absolute atomic E-state index is 14.5. The van der Waals surface area contributed by atoms with Gasteiger partial charge in [-0.15, -0.1) is 0 Å². The summed E-state index contributed by atoms with van der Waals surface area (Å²) in [5.74, 6) is -0.688. The van der Waals surface area contributed by atoms with Crippen molar-refractivity contribution in [3.8, 4) is 23.0 Å². The van der Waals surface area contributed by atoms with Gasteiger partial charge in [-0.05, 0) is 48.5 Å². The fourth-order valence-corrected chi connectivity index (χ4v) is 5.75. The fourth-order valence-electron chi connectivity index (χ4n) is 3.82. The Kier molecular flexibility index (Phi) is 9.11. The second-order valence-corrected chi connectivity index (χ2v) is 11.5. The van der Waals surface area contributed by atoms with Gasteiger partial charge in [0.25, 0.3) is 6.43 Å². The zero-order valence-corrected chi connectivity index (χ0v) is 23.1. The molecule has 12 nitrogen and oxygen atoms in total. The molecule has 0 spiro atoms. The summed E-state index contributed by atoms with van der Waals surface area (Å²) >= 11 is 5.51. The maximum Gasteiger partial charge on any atom is 0.435 e. The molecular weight excluding hydrogens is 594 g/mol. The van der Waals surface area contributed by atoms with Crippen LogP contribution in [0.4, 0.5) is 19.0 Å². The highest BCUT2D eigenvalue weighted by atomic mass is 32.5. The summed E-state index contributed by atoms with van der Waals surface area (Å²) in [6.07, 6.45) is -9.47. The van der Waals surface area contributed by atoms with E-state index in [1.165, 1.54) is 38.5 Å². The number of benzene rings is 2. The number of ether oxygens (including phenoxy) is 3. The van der Waals surface area contributed by atoms with Crippen molar-refractivity contribution in [1.29, 1.82) is 0 Å². The Labute approximate surface area is 236 Å². The molecule has 1 aliphatic rings. The summed E-state index contributed by atoms with van der Waals surface area (Å²) in [6.45, 7) is -5.20. The molecule has 4 unspecified atom stereocenters. The number of rotatable bonds is 11. The highest BCUT2D eigenvalue weighted by Gasteiger charge is 2.61. The van der Waals surface area contributed by atoms with Crippen LogP contribution >= 0.6 is 6.72 Å². The molecule has 4 atom stereocenters. The Bertz CT molecular complexity index is 1410. The van der Waals surface area contributed by atoms with E-state index in [9.17, 15) is 28.2 Å². The molecule has 4 N–H and O–H groups in total. The van der Waals surface area contributed by atoms with Crippen LogP contribution < -0.4 is 29.9 Å². The first kappa shape index (κ1) is 30.6. The first-order chi connectivity index (χ1) is 19.4. The number of halogens is 3. The zero-order chi connectivity index (χ0) is 29.9. The van der Waals surface area contributed by atoms with Gasteiger partial charge in [-0.3, -0.25) is 9.09 Å². The van der Waals surface area contributed by atoms with Crippen molar-refractivity contribution in [1.82, 2.24) is 9.55 Å². The molecule has 1 aliphatic heterocycles. The van der Waals surface area contributed by atoms with Crippen LogP contribution in [0.2, 0.25) is 0 Å². The molecule has 0 radical (unpaired) electrons. The smallest absolute Gasteiger partial charge is 0.435 e. The standard InChI is InChI=1S/C24H25F3N3O9PS/c1-34-13-3-7-15(8-4-13)38-40(41,39-16-9-5-14(35-2)6-10-16)36-12-24(22(26)27)19(32)18(31)21(37-24)30-11-17(25)20(28)29-23(30)33/h3-11,18-19,21-22,31-32H,12H2,1-2H3,(H2,28,29,33). The van der Waals surface area contributed by atoms with E-state index >= 15 is 0 Å². The number of nitrogens with two attached hydrogens (primary N) is 1. The summed E-state index contributed by atoms with van der Waals surface area (Å²) in [6, 6.07) is 12.1. The number of anilines is 1. The van der Waals surface area contributed by atoms with Gasteiger partial charge < -0.3 is 39.2 Å². The van der Waals surface area contributed by atoms with Crippen LogP contribution in [0.25, 0.3) is 0 Å². The highest BCUT2D eigenvalue weighted by Crippen LogP contribution is 2.53. The van der Waals surface area contributed by atoms with Crippen molar-refractivity contribution in [3.63, 3.8) is 0 Å². The van der Waals surface area contributed by atoms with Crippen molar-refractivity contribution in [2.45, 2.75) is 30.5 Å². The van der Waals surface area contributed by atoms with Crippen molar-refractivity contribution >= 4 is 24.3 Å². The van der Waals surface area contributed by atoms with Gasteiger partial charge in [0.15, 0.2) is 23.5 Å². The van der Waals surface area contributed by atoms with Gasteiger partial charge in [0.2, 0.25) is 0 Å². The highest BCUT2D eigenvalue weighted by molar-refractivity contribution is 8.07. The van der Waals surface area contributed by atoms with Gasteiger partial charge in [0.05, 0.1) is 27.0 Å². The average Bonchev–Trinajstić information content (AvgIpc) is 3.21. The number of nitrogens with zero attached hydrogens (tertiary/aromatic N) is 2. The molecular formula is C24H25F3N3O9PS. The topological polar surface area (TPSA) is 157 Å². The lowest BCUT2D eigenvalue weighted by Gasteiger charge is -2.33. The first-order valence-corrected chi connectivity index (χ1v) is 14.2. The quantitative estimate of drug-likeness (QED) is 0.270. The predicted octanol–water partition coefficient (Wildman–Crippen LogP) is 2.64. The lowest BCUT2D eigenvalue weighted by Crippen LogP contribution is -2.52. The minimum absolute atomic E-state index is 0.134. The minimum atomic E-state index is -4.02. The number of aromatic nitrogens is 2. The molecule has 4 rings (SSSR count). The molecule has 1 saturated heterocycles. The Morgan fingerprint density at radius 2 is 1.54 bits per heavy atom. The fraction of sp³-hybridized carbons (Fsp3) is 0.333. The van der Waals surface area contributed by atoms with Crippen LogP contribution in [0.5, 0.6) is 23.0 Å². The third-order valence-corrected chi connectivity index (χ3v) is 8.11. The third-order valence-electron chi connectivity index (χ3n) is 6.04. The van der Waals surface area contributed by atoms with E-state index < -0.39 is 61.1 Å². The van der Waals surface area contributed by atoms with Crippen LogP contribution in [0, 0.1) is 5.82 Å². The SMILES string of the molecule is COc1ccc(OP(=S)(OCC2(C(F)F)OC(n3cc(F)c(N)nc3=O)C(O)C2O)Oc2ccc(OC)cc2)cc1. The van der Waals surface area contributed by atoms with Crippen LogP contribution in [0.3, 0.4) is 0 Å². The molecule has 2 heterocycles. The molecule has 1 aromatic heterocycles. The summed E-state index contributed by atoms with van der Waals surface area (Å²) in [7, 11) is 2.91. The van der Waals surface area contributed by atoms with Crippen LogP contribution in [-0.2, 0) is 21.1 Å². The molecule has 0 aliphatic carbocycles. The number of methoxy groups -OCH3 is 2. The van der Waals surface area contributed by atoms with E-state index in [1.807, 2.05) is 0 Å². The molecule has 3 aromatic rings. The number of hydrogen-bond acceptors (Lipinski definition) is 12. The van der Waals surface area contributed by atoms with Crippen molar-refractivity contribution in [3.05, 3.63) is 71.0 Å². The summed E-state index contributed by atoms with van der Waals surface area (Å²) in [4.78, 5) is 15.5. The van der Waals surface area contributed by atoms with Crippen molar-refractivity contribution in [2.24, 2.45) is 0 Å². The minimum Gasteiger partial charge on any atom is -0.497 e. The molecule has 222 valence electrons. The van der Waals surface area contributed by atoms with Gasteiger partial charge in [-0.25, -0.2) is 18.0 Å². The van der Waals surface area contributed by atoms with E-state index in [0.29, 0.717) is 22.3 Å². The van der Waals surface area contributed by atoms with Crippen molar-refractivity contribution < 1.29 is 51.2 Å². The van der Waals surface area contributed by atoms with Crippen molar-refractivity contribution in [2.75, 3.05) is 26.6 Å². The number of aliphatic hydroxyl groups is 2. The van der Waals surface area contributed by atoms with E-state index in [1.54, 1.807) is 24.3 Å². The molecule has 0 saturated carbocycles. The lowest BCUT2D eigenvalue weighted by molar-refractivity contribution is -0.192. The van der Waals surface area contributed by atoms with E-state index in [4.69, 9.17) is 45.3 Å². The molecule has 2 aromatic carbocycles. The summed E-state index contributed by atoms with van der Waals surface area (Å²) in [5.41, 5.74) is 1.08. The van der Waals surface area contributed by atoms with Crippen LogP contribution in [0.1, 0.15) is 6.23 Å². The van der Waals surface area contributed by atoms with Crippen LogP contribution in [-0.4, -0.2) is 64.8 Å². The third kappa shape index (κ3) is 6.42. The first-order valence-electron chi connectivity index (χ1n) is 11.7. The largest absolute Gasteiger partial charge is 0.497 e. The predicted molar refractivity (Wildman–Crippen MR) is 141 cm³/mol. The Morgan fingerprint density at radius 1 is 1.05 bits per heavy atom. The van der Waals surface area contributed by atoms with Gasteiger partial charge in [-0.2, -0.15) is 4.98 Å². The number of aliphatic hydroxyl groups excluding tert-OH is 2. The summed E-state index contributed by atoms with van der Waals surface area (Å²) in [5, 5.41) is 21.3. The Hall–Kier alpha value is -3.40. The zero-order valence-electron chi connectivity index (χ0n) is 21.4. The molecule has 41 heavy (non-hydrogen) atoms. The second-order valence-electron chi connectivity index (χ2n) is 8.62. The van der Waals surface area contributed by atoms with Crippen LogP contribution in [0.15, 0.2) is 59.5 Å². The van der Waals surface area contributed by atoms with Gasteiger partial charge in [-0.1, -0.05) is 0 Å². The lowest BCUT2D eigenvalue weighted by atomic mass is 9.96. The maximum atomic E-state index is 14.5. The monoisotopic (exact) mass is 619 g/mol. The normalized spacial score (nSPS) is 22.5. The van der Waals surface area contributed by atoms with E-state index in [2.05, 4.69) is 4.98 Å². The second kappa shape index (κ2) is 12.2. The van der Waals surface area contributed by atoms with Gasteiger partial charge in [0, 0.05) is 11.8 Å². The Balaban J connectivity index is 1.65. The molecule has 0 amide bonds. The molecule has 17 heteroatoms. The number of hydrogen-bond donors (Lipinski definition) is 3. The van der Waals surface area contributed by atoms with E-state index in [-0.39, 0.29) is 11.5 Å². The number of nitrogen functional groups attached to an aromatic ring is 1. The van der Waals surface area contributed by atoms with E-state index in [0.717, 1.165) is 0 Å². The average molecular weight is 620 g/mol. The summed E-state index contributed by atoms with van der Waals surface area (Å²) < 4.78 is 76.2. The van der Waals surface area contributed by atoms with Gasteiger partial charge >= 0.3 is 12.4 Å². The molecule has 1 fully saturated rings. The molecule has 0 bridgehead atoms. The number of alkyl halides is 2. The Morgan fingerprint density at radius 3 is 2.00 bits per heavy atom.